The van der Waals surface area contributed by atoms with Gasteiger partial charge in [-0.3, -0.25) is 4.79 Å². The van der Waals surface area contributed by atoms with Crippen molar-refractivity contribution in [1.29, 1.82) is 0 Å². The fraction of sp³-hybridized carbons (Fsp3) is 0.176. The van der Waals surface area contributed by atoms with Gasteiger partial charge in [-0.15, -0.1) is 0 Å². The lowest BCUT2D eigenvalue weighted by molar-refractivity contribution is 0.0955. The molecule has 0 aromatic heterocycles. The molecule has 0 aliphatic heterocycles. The summed E-state index contributed by atoms with van der Waals surface area (Å²) in [5.41, 5.74) is 3.27. The van der Waals surface area contributed by atoms with Gasteiger partial charge in [-0.05, 0) is 30.3 Å². The molecule has 0 aliphatic carbocycles. The summed E-state index contributed by atoms with van der Waals surface area (Å²) in [7, 11) is 4.54. The topological polar surface area (TPSA) is 69.2 Å². The van der Waals surface area contributed by atoms with Crippen molar-refractivity contribution in [1.82, 2.24) is 5.43 Å². The number of carbonyl (C=O) groups is 1. The molecule has 25 heavy (non-hydrogen) atoms. The van der Waals surface area contributed by atoms with Crippen molar-refractivity contribution in [3.63, 3.8) is 0 Å². The van der Waals surface area contributed by atoms with Gasteiger partial charge in [0, 0.05) is 10.6 Å². The minimum Gasteiger partial charge on any atom is -0.493 e. The van der Waals surface area contributed by atoms with Crippen molar-refractivity contribution < 1.29 is 19.0 Å². The Bertz CT molecular complexity index is 809. The number of hydrogen-bond acceptors (Lipinski definition) is 5. The standard InChI is InChI=1S/C17H16Cl2N2O4/c1-23-14-7-4-10(15(24-2)16(14)25-3)9-20-21-17(22)12-6-5-11(18)8-13(12)19/h4-9H,1-3H3,(H,21,22). The van der Waals surface area contributed by atoms with E-state index in [2.05, 4.69) is 10.5 Å². The number of hydrazone groups is 1. The molecule has 0 aliphatic rings. The molecule has 132 valence electrons. The Labute approximate surface area is 155 Å². The third-order valence-corrected chi connectivity index (χ3v) is 3.83. The van der Waals surface area contributed by atoms with Crippen LogP contribution in [-0.4, -0.2) is 33.5 Å². The van der Waals surface area contributed by atoms with Crippen molar-refractivity contribution in [3.05, 3.63) is 51.5 Å². The summed E-state index contributed by atoms with van der Waals surface area (Å²) < 4.78 is 15.8. The molecule has 2 aromatic carbocycles. The molecular formula is C17H16Cl2N2O4. The van der Waals surface area contributed by atoms with Crippen LogP contribution in [0.25, 0.3) is 0 Å². The van der Waals surface area contributed by atoms with Gasteiger partial charge in [0.25, 0.3) is 5.91 Å². The summed E-state index contributed by atoms with van der Waals surface area (Å²) in [4.78, 5) is 12.1. The minimum atomic E-state index is -0.461. The summed E-state index contributed by atoms with van der Waals surface area (Å²) in [6, 6.07) is 8.01. The lowest BCUT2D eigenvalue weighted by Gasteiger charge is -2.13. The Morgan fingerprint density at radius 2 is 1.76 bits per heavy atom. The van der Waals surface area contributed by atoms with E-state index in [-0.39, 0.29) is 10.6 Å². The maximum Gasteiger partial charge on any atom is 0.272 e. The molecule has 0 fully saturated rings. The molecule has 1 amide bonds. The maximum atomic E-state index is 12.1. The number of amides is 1. The lowest BCUT2D eigenvalue weighted by Crippen LogP contribution is -2.18. The van der Waals surface area contributed by atoms with E-state index in [1.807, 2.05) is 0 Å². The zero-order valence-corrected chi connectivity index (χ0v) is 15.3. The fourth-order valence-corrected chi connectivity index (χ4v) is 2.61. The van der Waals surface area contributed by atoms with Gasteiger partial charge in [-0.1, -0.05) is 23.2 Å². The van der Waals surface area contributed by atoms with E-state index < -0.39 is 5.91 Å². The van der Waals surface area contributed by atoms with Gasteiger partial charge in [0.2, 0.25) is 5.75 Å². The van der Waals surface area contributed by atoms with Crippen molar-refractivity contribution in [2.45, 2.75) is 0 Å². The van der Waals surface area contributed by atoms with Crippen molar-refractivity contribution >= 4 is 35.3 Å². The number of rotatable bonds is 6. The second-order valence-electron chi connectivity index (χ2n) is 4.75. The number of benzene rings is 2. The van der Waals surface area contributed by atoms with Crippen molar-refractivity contribution in [3.8, 4) is 17.2 Å². The number of carbonyl (C=O) groups excluding carboxylic acids is 1. The highest BCUT2D eigenvalue weighted by Gasteiger charge is 2.15. The van der Waals surface area contributed by atoms with E-state index in [4.69, 9.17) is 37.4 Å². The molecule has 0 atom stereocenters. The summed E-state index contributed by atoms with van der Waals surface area (Å²) in [5, 5.41) is 4.61. The minimum absolute atomic E-state index is 0.240. The van der Waals surface area contributed by atoms with Crippen LogP contribution in [0.5, 0.6) is 17.2 Å². The van der Waals surface area contributed by atoms with Gasteiger partial charge in [-0.25, -0.2) is 5.43 Å². The van der Waals surface area contributed by atoms with Crippen LogP contribution in [-0.2, 0) is 0 Å². The predicted octanol–water partition coefficient (Wildman–Crippen LogP) is 3.78. The molecule has 0 unspecified atom stereocenters. The van der Waals surface area contributed by atoms with Crippen LogP contribution >= 0.6 is 23.2 Å². The highest BCUT2D eigenvalue weighted by atomic mass is 35.5. The highest BCUT2D eigenvalue weighted by Crippen LogP contribution is 2.38. The van der Waals surface area contributed by atoms with Gasteiger partial charge >= 0.3 is 0 Å². The number of halogens is 2. The second-order valence-corrected chi connectivity index (χ2v) is 5.59. The molecule has 6 nitrogen and oxygen atoms in total. The first-order chi connectivity index (χ1) is 12.0. The van der Waals surface area contributed by atoms with Crippen LogP contribution in [0.3, 0.4) is 0 Å². The van der Waals surface area contributed by atoms with Gasteiger partial charge in [0.1, 0.15) is 0 Å². The van der Waals surface area contributed by atoms with Gasteiger partial charge < -0.3 is 14.2 Å². The van der Waals surface area contributed by atoms with Crippen LogP contribution in [0.2, 0.25) is 10.0 Å². The van der Waals surface area contributed by atoms with E-state index in [1.165, 1.54) is 39.7 Å². The Kier molecular flexibility index (Phi) is 6.50. The average Bonchev–Trinajstić information content (AvgIpc) is 2.60. The van der Waals surface area contributed by atoms with E-state index in [0.29, 0.717) is 27.8 Å². The molecule has 0 saturated carbocycles. The molecule has 0 spiro atoms. The Morgan fingerprint density at radius 1 is 1.04 bits per heavy atom. The first kappa shape index (κ1) is 18.9. The average molecular weight is 383 g/mol. The quantitative estimate of drug-likeness (QED) is 0.609. The summed E-state index contributed by atoms with van der Waals surface area (Å²) in [5.74, 6) is 0.927. The molecule has 8 heteroatoms. The first-order valence-corrected chi connectivity index (χ1v) is 7.84. The van der Waals surface area contributed by atoms with E-state index >= 15 is 0 Å². The van der Waals surface area contributed by atoms with Crippen molar-refractivity contribution in [2.24, 2.45) is 5.10 Å². The number of nitrogens with one attached hydrogen (secondary N) is 1. The zero-order chi connectivity index (χ0) is 18.4. The summed E-state index contributed by atoms with van der Waals surface area (Å²) in [6.45, 7) is 0. The zero-order valence-electron chi connectivity index (χ0n) is 13.8. The van der Waals surface area contributed by atoms with E-state index in [1.54, 1.807) is 18.2 Å². The van der Waals surface area contributed by atoms with Crippen LogP contribution in [0.4, 0.5) is 0 Å². The SMILES string of the molecule is COc1ccc(C=NNC(=O)c2ccc(Cl)cc2Cl)c(OC)c1OC. The van der Waals surface area contributed by atoms with Crippen LogP contribution in [0.1, 0.15) is 15.9 Å². The van der Waals surface area contributed by atoms with E-state index in [0.717, 1.165) is 0 Å². The third-order valence-electron chi connectivity index (χ3n) is 3.28. The largest absolute Gasteiger partial charge is 0.493 e. The Morgan fingerprint density at radius 3 is 2.36 bits per heavy atom. The highest BCUT2D eigenvalue weighted by molar-refractivity contribution is 6.36. The number of ether oxygens (including phenoxy) is 3. The monoisotopic (exact) mass is 382 g/mol. The maximum absolute atomic E-state index is 12.1. The van der Waals surface area contributed by atoms with E-state index in [9.17, 15) is 4.79 Å². The molecule has 0 radical (unpaired) electrons. The van der Waals surface area contributed by atoms with Gasteiger partial charge in [-0.2, -0.15) is 5.10 Å². The Balaban J connectivity index is 2.20. The molecule has 2 rings (SSSR count). The van der Waals surface area contributed by atoms with Crippen LogP contribution in [0.15, 0.2) is 35.4 Å². The van der Waals surface area contributed by atoms with Gasteiger partial charge in [0.05, 0.1) is 38.1 Å². The second kappa shape index (κ2) is 8.60. The predicted molar refractivity (Wildman–Crippen MR) is 97.6 cm³/mol. The van der Waals surface area contributed by atoms with Crippen LogP contribution < -0.4 is 19.6 Å². The molecule has 0 saturated heterocycles. The number of methoxy groups -OCH3 is 3. The number of hydrogen-bond donors (Lipinski definition) is 1. The Hall–Kier alpha value is -2.44. The lowest BCUT2D eigenvalue weighted by atomic mass is 10.2. The normalized spacial score (nSPS) is 10.6. The molecule has 0 bridgehead atoms. The van der Waals surface area contributed by atoms with Gasteiger partial charge in [0.15, 0.2) is 11.5 Å². The summed E-state index contributed by atoms with van der Waals surface area (Å²) >= 11 is 11.8. The summed E-state index contributed by atoms with van der Waals surface area (Å²) in [6.07, 6.45) is 1.43. The molecule has 1 N–H and O–H groups in total. The molecule has 0 heterocycles. The fourth-order valence-electron chi connectivity index (χ4n) is 2.12. The molecule has 2 aromatic rings. The number of nitrogens with zero attached hydrogens (tertiary/aromatic N) is 1. The smallest absolute Gasteiger partial charge is 0.272 e. The van der Waals surface area contributed by atoms with Crippen molar-refractivity contribution in [2.75, 3.05) is 21.3 Å². The third kappa shape index (κ3) is 4.35. The van der Waals surface area contributed by atoms with Crippen LogP contribution in [0, 0.1) is 0 Å². The first-order valence-electron chi connectivity index (χ1n) is 7.09. The molecular weight excluding hydrogens is 367 g/mol.